The second-order valence-corrected chi connectivity index (χ2v) is 5.33. The van der Waals surface area contributed by atoms with E-state index in [0.717, 1.165) is 18.2 Å². The van der Waals surface area contributed by atoms with E-state index in [4.69, 9.17) is 0 Å². The van der Waals surface area contributed by atoms with Crippen LogP contribution in [-0.4, -0.2) is 10.9 Å². The molecule has 0 aliphatic carbocycles. The number of halogens is 3. The van der Waals surface area contributed by atoms with Crippen LogP contribution in [-0.2, 0) is 11.0 Å². The summed E-state index contributed by atoms with van der Waals surface area (Å²) in [6.45, 7) is 3.41. The Hall–Kier alpha value is -3.15. The van der Waals surface area contributed by atoms with Crippen molar-refractivity contribution in [2.75, 3.05) is 5.32 Å². The fourth-order valence-corrected chi connectivity index (χ4v) is 2.54. The first-order valence-corrected chi connectivity index (χ1v) is 7.39. The molecule has 1 heterocycles. The van der Waals surface area contributed by atoms with Crippen molar-refractivity contribution in [2.24, 2.45) is 0 Å². The van der Waals surface area contributed by atoms with Crippen LogP contribution in [0.5, 0.6) is 0 Å². The average molecular weight is 342 g/mol. The predicted molar refractivity (Wildman–Crippen MR) is 91.0 cm³/mol. The van der Waals surface area contributed by atoms with Gasteiger partial charge < -0.3 is 5.32 Å². The van der Waals surface area contributed by atoms with Gasteiger partial charge >= 0.3 is 6.18 Å². The van der Waals surface area contributed by atoms with Gasteiger partial charge in [0.25, 0.3) is 0 Å². The van der Waals surface area contributed by atoms with Crippen molar-refractivity contribution in [3.8, 4) is 11.1 Å². The number of hydrogen-bond donors (Lipinski definition) is 1. The number of carbonyl (C=O) groups excluding carboxylic acids is 1. The normalized spacial score (nSPS) is 11.3. The third-order valence-corrected chi connectivity index (χ3v) is 3.74. The van der Waals surface area contributed by atoms with Crippen LogP contribution in [0.3, 0.4) is 0 Å². The first-order chi connectivity index (χ1) is 11.9. The molecule has 2 aromatic carbocycles. The summed E-state index contributed by atoms with van der Waals surface area (Å²) in [5.41, 5.74) is 1.73. The van der Waals surface area contributed by atoms with Crippen LogP contribution in [0.2, 0.25) is 0 Å². The van der Waals surface area contributed by atoms with Crippen molar-refractivity contribution >= 4 is 22.5 Å². The van der Waals surface area contributed by atoms with Gasteiger partial charge in [0.2, 0.25) is 5.91 Å². The lowest BCUT2D eigenvalue weighted by molar-refractivity contribution is -0.137. The largest absolute Gasteiger partial charge is 0.416 e. The lowest BCUT2D eigenvalue weighted by Gasteiger charge is -2.12. The van der Waals surface area contributed by atoms with Crippen molar-refractivity contribution < 1.29 is 18.0 Å². The average Bonchev–Trinajstić information content (AvgIpc) is 2.61. The van der Waals surface area contributed by atoms with Gasteiger partial charge in [-0.25, -0.2) is 0 Å². The Labute approximate surface area is 141 Å². The van der Waals surface area contributed by atoms with Crippen LogP contribution in [0, 0.1) is 0 Å². The molecule has 1 amide bonds. The Morgan fingerprint density at radius 3 is 2.44 bits per heavy atom. The number of nitrogens with zero attached hydrogens (tertiary/aromatic N) is 1. The summed E-state index contributed by atoms with van der Waals surface area (Å²) in [4.78, 5) is 15.9. The van der Waals surface area contributed by atoms with Gasteiger partial charge in [-0.1, -0.05) is 24.8 Å². The van der Waals surface area contributed by atoms with E-state index < -0.39 is 11.7 Å². The molecule has 0 atom stereocenters. The molecule has 1 aromatic heterocycles. The van der Waals surface area contributed by atoms with E-state index in [9.17, 15) is 18.0 Å². The summed E-state index contributed by atoms with van der Waals surface area (Å²) < 4.78 is 38.2. The van der Waals surface area contributed by atoms with Crippen LogP contribution in [0.1, 0.15) is 5.56 Å². The molecular formula is C19H13F3N2O. The highest BCUT2D eigenvalue weighted by atomic mass is 19.4. The molecule has 0 aliphatic rings. The van der Waals surface area contributed by atoms with Crippen molar-refractivity contribution in [1.29, 1.82) is 0 Å². The Morgan fingerprint density at radius 2 is 1.80 bits per heavy atom. The zero-order chi connectivity index (χ0) is 18.0. The van der Waals surface area contributed by atoms with E-state index in [1.54, 1.807) is 30.5 Å². The van der Waals surface area contributed by atoms with Gasteiger partial charge in [0.05, 0.1) is 16.8 Å². The maximum atomic E-state index is 12.7. The van der Waals surface area contributed by atoms with Gasteiger partial charge in [-0.15, -0.1) is 0 Å². The number of aromatic nitrogens is 1. The van der Waals surface area contributed by atoms with Crippen molar-refractivity contribution in [1.82, 2.24) is 4.98 Å². The van der Waals surface area contributed by atoms with Crippen molar-refractivity contribution in [2.45, 2.75) is 6.18 Å². The summed E-state index contributed by atoms with van der Waals surface area (Å²) >= 11 is 0. The van der Waals surface area contributed by atoms with Gasteiger partial charge in [0, 0.05) is 17.1 Å². The first-order valence-electron chi connectivity index (χ1n) is 7.39. The number of amides is 1. The summed E-state index contributed by atoms with van der Waals surface area (Å²) in [5, 5.41) is 3.39. The number of rotatable bonds is 3. The lowest BCUT2D eigenvalue weighted by atomic mass is 9.99. The summed E-state index contributed by atoms with van der Waals surface area (Å²) in [6.07, 6.45) is -1.63. The van der Waals surface area contributed by atoms with E-state index in [0.29, 0.717) is 27.7 Å². The molecule has 3 nitrogen and oxygen atoms in total. The Bertz CT molecular complexity index is 947. The summed E-state index contributed by atoms with van der Waals surface area (Å²) in [7, 11) is 0. The second-order valence-electron chi connectivity index (χ2n) is 5.33. The van der Waals surface area contributed by atoms with E-state index in [1.807, 2.05) is 0 Å². The fourth-order valence-electron chi connectivity index (χ4n) is 2.54. The minimum Gasteiger partial charge on any atom is -0.322 e. The summed E-state index contributed by atoms with van der Waals surface area (Å²) in [6, 6.07) is 11.8. The smallest absolute Gasteiger partial charge is 0.322 e. The first kappa shape index (κ1) is 16.7. The van der Waals surface area contributed by atoms with Gasteiger partial charge in [-0.2, -0.15) is 13.2 Å². The van der Waals surface area contributed by atoms with E-state index in [2.05, 4.69) is 16.9 Å². The van der Waals surface area contributed by atoms with Crippen molar-refractivity contribution in [3.05, 3.63) is 72.9 Å². The van der Waals surface area contributed by atoms with Gasteiger partial charge in [0.15, 0.2) is 0 Å². The third-order valence-electron chi connectivity index (χ3n) is 3.74. The molecule has 0 saturated heterocycles. The number of benzene rings is 2. The molecule has 1 N–H and O–H groups in total. The minimum absolute atomic E-state index is 0.354. The van der Waals surface area contributed by atoms with Crippen LogP contribution >= 0.6 is 0 Å². The minimum atomic E-state index is -4.38. The van der Waals surface area contributed by atoms with Gasteiger partial charge in [-0.05, 0) is 42.0 Å². The Balaban J connectivity index is 2.10. The molecule has 0 radical (unpaired) electrons. The molecule has 3 rings (SSSR count). The number of hydrogen-bond acceptors (Lipinski definition) is 2. The molecule has 0 saturated carbocycles. The number of pyridine rings is 1. The lowest BCUT2D eigenvalue weighted by Crippen LogP contribution is -2.08. The topological polar surface area (TPSA) is 42.0 Å². The monoisotopic (exact) mass is 342 g/mol. The van der Waals surface area contributed by atoms with Crippen LogP contribution < -0.4 is 5.32 Å². The fraction of sp³-hybridized carbons (Fsp3) is 0.0526. The number of fused-ring (bicyclic) bond motifs is 1. The Morgan fingerprint density at radius 1 is 1.08 bits per heavy atom. The van der Waals surface area contributed by atoms with Crippen LogP contribution in [0.4, 0.5) is 18.9 Å². The maximum Gasteiger partial charge on any atom is 0.416 e. The Kier molecular flexibility index (Phi) is 4.27. The highest BCUT2D eigenvalue weighted by Gasteiger charge is 2.30. The van der Waals surface area contributed by atoms with Crippen molar-refractivity contribution in [3.63, 3.8) is 0 Å². The maximum absolute atomic E-state index is 12.7. The molecule has 0 bridgehead atoms. The van der Waals surface area contributed by atoms with E-state index in [1.165, 1.54) is 12.1 Å². The SMILES string of the molecule is C=CC(=O)Nc1ccc(-c2ccc(C(F)(F)F)cc2)c2ncccc12. The molecule has 0 spiro atoms. The number of carbonyl (C=O) groups is 1. The second kappa shape index (κ2) is 6.39. The number of alkyl halides is 3. The standard InChI is InChI=1S/C19H13F3N2O/c1-2-17(25)24-16-10-9-14(18-15(16)4-3-11-23-18)12-5-7-13(8-6-12)19(20,21)22/h2-11H,1H2,(H,24,25). The van der Waals surface area contributed by atoms with E-state index in [-0.39, 0.29) is 5.91 Å². The predicted octanol–water partition coefficient (Wildman–Crippen LogP) is 5.05. The molecular weight excluding hydrogens is 329 g/mol. The number of nitrogens with one attached hydrogen (secondary N) is 1. The third kappa shape index (κ3) is 3.38. The zero-order valence-electron chi connectivity index (χ0n) is 13.0. The van der Waals surface area contributed by atoms with Crippen LogP contribution in [0.25, 0.3) is 22.0 Å². The molecule has 25 heavy (non-hydrogen) atoms. The molecule has 0 fully saturated rings. The summed E-state index contributed by atoms with van der Waals surface area (Å²) in [5.74, 6) is -0.354. The molecule has 126 valence electrons. The quantitative estimate of drug-likeness (QED) is 0.677. The number of anilines is 1. The van der Waals surface area contributed by atoms with Gasteiger partial charge in [0.1, 0.15) is 0 Å². The zero-order valence-corrected chi connectivity index (χ0v) is 13.0. The molecule has 3 aromatic rings. The van der Waals surface area contributed by atoms with Gasteiger partial charge in [-0.3, -0.25) is 9.78 Å². The highest BCUT2D eigenvalue weighted by molar-refractivity contribution is 6.08. The van der Waals surface area contributed by atoms with Crippen LogP contribution in [0.15, 0.2) is 67.4 Å². The van der Waals surface area contributed by atoms with E-state index >= 15 is 0 Å². The molecule has 0 aliphatic heterocycles. The molecule has 0 unspecified atom stereocenters. The molecule has 6 heteroatoms. The highest BCUT2D eigenvalue weighted by Crippen LogP contribution is 2.34.